The van der Waals surface area contributed by atoms with Crippen molar-refractivity contribution in [2.24, 2.45) is 0 Å². The van der Waals surface area contributed by atoms with E-state index in [0.717, 1.165) is 19.4 Å². The number of hydrogen-bond donors (Lipinski definition) is 0. The van der Waals surface area contributed by atoms with Crippen LogP contribution < -0.4 is 0 Å². The summed E-state index contributed by atoms with van der Waals surface area (Å²) in [6.07, 6.45) is 1.96. The second-order valence-corrected chi connectivity index (χ2v) is 4.18. The van der Waals surface area contributed by atoms with Crippen LogP contribution in [0.5, 0.6) is 0 Å². The number of likely N-dealkylation sites (N-methyl/N-ethyl adjacent to an activating group) is 1. The molecule has 0 N–H and O–H groups in total. The molecule has 2 amide bonds. The lowest BCUT2D eigenvalue weighted by Gasteiger charge is -2.27. The largest absolute Gasteiger partial charge is 0.344 e. The van der Waals surface area contributed by atoms with E-state index in [0.29, 0.717) is 6.54 Å². The van der Waals surface area contributed by atoms with Crippen molar-refractivity contribution in [1.82, 2.24) is 9.80 Å². The molecule has 0 saturated carbocycles. The molecule has 0 unspecified atom stereocenters. The highest BCUT2D eigenvalue weighted by atomic mass is 35.5. The first kappa shape index (κ1) is 12.3. The molecule has 1 atom stereocenters. The number of alkyl halides is 1. The van der Waals surface area contributed by atoms with Crippen molar-refractivity contribution in [1.29, 1.82) is 0 Å². The van der Waals surface area contributed by atoms with E-state index in [1.165, 1.54) is 6.92 Å². The zero-order chi connectivity index (χ0) is 11.4. The number of hydrogen-bond acceptors (Lipinski definition) is 2. The maximum absolute atomic E-state index is 11.5. The summed E-state index contributed by atoms with van der Waals surface area (Å²) in [4.78, 5) is 26.0. The van der Waals surface area contributed by atoms with Crippen LogP contribution in [0.3, 0.4) is 0 Å². The average Bonchev–Trinajstić information content (AvgIpc) is 2.64. The molecule has 1 aliphatic heterocycles. The molecule has 0 aromatic heterocycles. The molecule has 0 radical (unpaired) electrons. The maximum atomic E-state index is 11.5. The number of carbonyl (C=O) groups excluding carboxylic acids is 2. The van der Waals surface area contributed by atoms with Gasteiger partial charge in [0, 0.05) is 33.1 Å². The molecule has 1 heterocycles. The summed E-state index contributed by atoms with van der Waals surface area (Å²) in [5.41, 5.74) is 0. The van der Waals surface area contributed by atoms with Gasteiger partial charge in [-0.1, -0.05) is 0 Å². The van der Waals surface area contributed by atoms with Gasteiger partial charge in [-0.3, -0.25) is 9.59 Å². The van der Waals surface area contributed by atoms with Crippen LogP contribution >= 0.6 is 11.6 Å². The fourth-order valence-corrected chi connectivity index (χ4v) is 2.03. The molecule has 0 spiro atoms. The highest BCUT2D eigenvalue weighted by Crippen LogP contribution is 2.18. The summed E-state index contributed by atoms with van der Waals surface area (Å²) in [5.74, 6) is 0.0246. The average molecular weight is 233 g/mol. The molecule has 0 aliphatic carbocycles. The molecule has 0 aromatic rings. The zero-order valence-electron chi connectivity index (χ0n) is 9.20. The number of halogens is 1. The van der Waals surface area contributed by atoms with Gasteiger partial charge >= 0.3 is 0 Å². The third-order valence-electron chi connectivity index (χ3n) is 2.83. The number of carbonyl (C=O) groups is 2. The molecule has 86 valence electrons. The molecule has 4 nitrogen and oxygen atoms in total. The van der Waals surface area contributed by atoms with E-state index in [-0.39, 0.29) is 23.7 Å². The standard InChI is InChI=1S/C10H17ClN2O2/c1-8(14)12(2)7-9-4-3-5-13(9)10(15)6-11/h9H,3-7H2,1-2H3/t9-/m1/s1. The van der Waals surface area contributed by atoms with Gasteiger partial charge in [0.05, 0.1) is 0 Å². The predicted molar refractivity (Wildman–Crippen MR) is 58.8 cm³/mol. The van der Waals surface area contributed by atoms with Crippen LogP contribution in [-0.2, 0) is 9.59 Å². The highest BCUT2D eigenvalue weighted by molar-refractivity contribution is 6.27. The van der Waals surface area contributed by atoms with E-state index in [4.69, 9.17) is 11.6 Å². The smallest absolute Gasteiger partial charge is 0.237 e. The predicted octanol–water partition coefficient (Wildman–Crippen LogP) is 0.695. The third kappa shape index (κ3) is 3.09. The Hall–Kier alpha value is -0.770. The summed E-state index contributed by atoms with van der Waals surface area (Å²) in [5, 5.41) is 0. The molecule has 1 rings (SSSR count). The van der Waals surface area contributed by atoms with Crippen LogP contribution in [0.4, 0.5) is 0 Å². The Kier molecular flexibility index (Phi) is 4.39. The van der Waals surface area contributed by atoms with Crippen molar-refractivity contribution < 1.29 is 9.59 Å². The molecular formula is C10H17ClN2O2. The molecule has 1 aliphatic rings. The molecule has 15 heavy (non-hydrogen) atoms. The Morgan fingerprint density at radius 3 is 2.73 bits per heavy atom. The first-order valence-corrected chi connectivity index (χ1v) is 5.67. The van der Waals surface area contributed by atoms with Gasteiger partial charge in [0.25, 0.3) is 0 Å². The quantitative estimate of drug-likeness (QED) is 0.672. The number of rotatable bonds is 3. The lowest BCUT2D eigenvalue weighted by atomic mass is 10.2. The molecule has 1 fully saturated rings. The van der Waals surface area contributed by atoms with Gasteiger partial charge in [0.15, 0.2) is 0 Å². The molecule has 0 bridgehead atoms. The SMILES string of the molecule is CC(=O)N(C)C[C@H]1CCCN1C(=O)CCl. The lowest BCUT2D eigenvalue weighted by Crippen LogP contribution is -2.43. The van der Waals surface area contributed by atoms with Gasteiger partial charge in [-0.05, 0) is 12.8 Å². The lowest BCUT2D eigenvalue weighted by molar-refractivity contribution is -0.133. The van der Waals surface area contributed by atoms with E-state index in [1.54, 1.807) is 16.8 Å². The topological polar surface area (TPSA) is 40.6 Å². The Bertz CT molecular complexity index is 258. The van der Waals surface area contributed by atoms with Crippen molar-refractivity contribution in [2.45, 2.75) is 25.8 Å². The fraction of sp³-hybridized carbons (Fsp3) is 0.800. The van der Waals surface area contributed by atoms with Crippen molar-refractivity contribution in [3.05, 3.63) is 0 Å². The minimum absolute atomic E-state index is 0.0279. The van der Waals surface area contributed by atoms with E-state index in [1.807, 2.05) is 0 Å². The van der Waals surface area contributed by atoms with Gasteiger partial charge < -0.3 is 9.80 Å². The van der Waals surface area contributed by atoms with Crippen molar-refractivity contribution in [3.63, 3.8) is 0 Å². The molecule has 0 aromatic carbocycles. The van der Waals surface area contributed by atoms with Gasteiger partial charge in [-0.25, -0.2) is 0 Å². The summed E-state index contributed by atoms with van der Waals surface area (Å²) in [7, 11) is 1.75. The summed E-state index contributed by atoms with van der Waals surface area (Å²) in [6.45, 7) is 2.91. The highest BCUT2D eigenvalue weighted by Gasteiger charge is 2.29. The zero-order valence-corrected chi connectivity index (χ0v) is 9.96. The fourth-order valence-electron chi connectivity index (χ4n) is 1.88. The minimum Gasteiger partial charge on any atom is -0.344 e. The second kappa shape index (κ2) is 5.35. The first-order chi connectivity index (χ1) is 7.06. The molecular weight excluding hydrogens is 216 g/mol. The number of amides is 2. The monoisotopic (exact) mass is 232 g/mol. The number of nitrogens with zero attached hydrogens (tertiary/aromatic N) is 2. The summed E-state index contributed by atoms with van der Waals surface area (Å²) in [6, 6.07) is 0.144. The summed E-state index contributed by atoms with van der Waals surface area (Å²) < 4.78 is 0. The third-order valence-corrected chi connectivity index (χ3v) is 3.06. The Labute approximate surface area is 95.2 Å². The van der Waals surface area contributed by atoms with Crippen molar-refractivity contribution in [3.8, 4) is 0 Å². The summed E-state index contributed by atoms with van der Waals surface area (Å²) >= 11 is 5.52. The normalized spacial score (nSPS) is 20.5. The van der Waals surface area contributed by atoms with Crippen LogP contribution in [0.2, 0.25) is 0 Å². The number of likely N-dealkylation sites (tertiary alicyclic amines) is 1. The van der Waals surface area contributed by atoms with Gasteiger partial charge in [0.1, 0.15) is 5.88 Å². The Morgan fingerprint density at radius 1 is 1.53 bits per heavy atom. The van der Waals surface area contributed by atoms with E-state index in [9.17, 15) is 9.59 Å². The van der Waals surface area contributed by atoms with Crippen LogP contribution in [0.25, 0.3) is 0 Å². The van der Waals surface area contributed by atoms with Crippen LogP contribution in [0.1, 0.15) is 19.8 Å². The van der Waals surface area contributed by atoms with Crippen LogP contribution in [0, 0.1) is 0 Å². The van der Waals surface area contributed by atoms with Crippen molar-refractivity contribution >= 4 is 23.4 Å². The van der Waals surface area contributed by atoms with Crippen molar-refractivity contribution in [2.75, 3.05) is 26.0 Å². The van der Waals surface area contributed by atoms with Crippen LogP contribution in [-0.4, -0.2) is 53.7 Å². The minimum atomic E-state index is -0.0314. The second-order valence-electron chi connectivity index (χ2n) is 3.92. The Balaban J connectivity index is 2.53. The molecule has 5 heteroatoms. The molecule has 1 saturated heterocycles. The van der Waals surface area contributed by atoms with Gasteiger partial charge in [-0.15, -0.1) is 11.6 Å². The Morgan fingerprint density at radius 2 is 2.20 bits per heavy atom. The first-order valence-electron chi connectivity index (χ1n) is 5.13. The van der Waals surface area contributed by atoms with Crippen LogP contribution in [0.15, 0.2) is 0 Å². The van der Waals surface area contributed by atoms with E-state index in [2.05, 4.69) is 0 Å². The van der Waals surface area contributed by atoms with E-state index < -0.39 is 0 Å². The van der Waals surface area contributed by atoms with Gasteiger partial charge in [-0.2, -0.15) is 0 Å². The van der Waals surface area contributed by atoms with E-state index >= 15 is 0 Å². The maximum Gasteiger partial charge on any atom is 0.237 e. The van der Waals surface area contributed by atoms with Gasteiger partial charge in [0.2, 0.25) is 11.8 Å².